The number of aliphatic carboxylic acids is 1. The lowest BCUT2D eigenvalue weighted by atomic mass is 9.46. The summed E-state index contributed by atoms with van der Waals surface area (Å²) in [6, 6.07) is 0. The summed E-state index contributed by atoms with van der Waals surface area (Å²) in [5.74, 6) is -2.56. The number of carboxylic acids is 1. The molecular formula is C19H26O7. The van der Waals surface area contributed by atoms with Crippen molar-refractivity contribution in [2.45, 2.75) is 64.6 Å². The maximum Gasteiger partial charge on any atom is 0.343 e. The fourth-order valence-electron chi connectivity index (χ4n) is 5.37. The Bertz CT molecular complexity index is 679. The highest BCUT2D eigenvalue weighted by atomic mass is 16.6. The summed E-state index contributed by atoms with van der Waals surface area (Å²) in [5, 5.41) is 20.1. The largest absolute Gasteiger partial charge is 0.481 e. The van der Waals surface area contributed by atoms with Crippen LogP contribution in [-0.2, 0) is 23.9 Å². The van der Waals surface area contributed by atoms with Crippen LogP contribution in [0.2, 0.25) is 0 Å². The van der Waals surface area contributed by atoms with Crippen LogP contribution in [0.3, 0.4) is 0 Å². The zero-order valence-electron chi connectivity index (χ0n) is 15.4. The zero-order valence-corrected chi connectivity index (χ0v) is 15.4. The minimum atomic E-state index is -1.70. The zero-order chi connectivity index (χ0) is 19.3. The van der Waals surface area contributed by atoms with Gasteiger partial charge in [-0.25, -0.2) is 4.79 Å². The van der Waals surface area contributed by atoms with Crippen molar-refractivity contribution < 1.29 is 34.1 Å². The van der Waals surface area contributed by atoms with E-state index in [1.807, 2.05) is 6.92 Å². The second-order valence-electron chi connectivity index (χ2n) is 8.56. The molecule has 2 aliphatic carbocycles. The molecule has 0 unspecified atom stereocenters. The average molecular weight is 366 g/mol. The SMILES string of the molecule is CC1(C)CCC[C@]2(C)[C@@H]1[C@@H](OC(=O)CCC(=O)O)C=C1COC(=O)[C@@]12O. The highest BCUT2D eigenvalue weighted by Gasteiger charge is 2.69. The van der Waals surface area contributed by atoms with Crippen LogP contribution < -0.4 is 0 Å². The van der Waals surface area contributed by atoms with Crippen LogP contribution in [0.5, 0.6) is 0 Å². The lowest BCUT2D eigenvalue weighted by Crippen LogP contribution is -2.65. The van der Waals surface area contributed by atoms with Gasteiger partial charge in [-0.3, -0.25) is 9.59 Å². The molecule has 0 aromatic heterocycles. The number of fused-ring (bicyclic) bond motifs is 3. The van der Waals surface area contributed by atoms with Crippen LogP contribution in [-0.4, -0.2) is 46.4 Å². The molecule has 0 aromatic rings. The first kappa shape index (κ1) is 18.9. The number of cyclic esters (lactones) is 1. The maximum atomic E-state index is 12.4. The van der Waals surface area contributed by atoms with Crippen LogP contribution in [0.1, 0.15) is 52.9 Å². The quantitative estimate of drug-likeness (QED) is 0.577. The molecule has 26 heavy (non-hydrogen) atoms. The van der Waals surface area contributed by atoms with E-state index in [9.17, 15) is 19.5 Å². The molecule has 1 aliphatic heterocycles. The van der Waals surface area contributed by atoms with E-state index in [-0.39, 0.29) is 30.8 Å². The summed E-state index contributed by atoms with van der Waals surface area (Å²) >= 11 is 0. The summed E-state index contributed by atoms with van der Waals surface area (Å²) in [6.45, 7) is 5.96. The van der Waals surface area contributed by atoms with Gasteiger partial charge >= 0.3 is 17.9 Å². The summed E-state index contributed by atoms with van der Waals surface area (Å²) in [4.78, 5) is 35.3. The summed E-state index contributed by atoms with van der Waals surface area (Å²) < 4.78 is 10.8. The van der Waals surface area contributed by atoms with E-state index >= 15 is 0 Å². The monoisotopic (exact) mass is 366 g/mol. The van der Waals surface area contributed by atoms with Crippen LogP contribution in [0, 0.1) is 16.7 Å². The molecule has 2 fully saturated rings. The van der Waals surface area contributed by atoms with Gasteiger partial charge in [0.2, 0.25) is 0 Å². The first-order chi connectivity index (χ1) is 12.0. The number of esters is 2. The number of hydrogen-bond donors (Lipinski definition) is 2. The fraction of sp³-hybridized carbons (Fsp3) is 0.737. The van der Waals surface area contributed by atoms with Gasteiger partial charge in [0.15, 0.2) is 5.60 Å². The number of ether oxygens (including phenoxy) is 2. The molecule has 4 atom stereocenters. The van der Waals surface area contributed by atoms with Crippen LogP contribution in [0.4, 0.5) is 0 Å². The van der Waals surface area contributed by atoms with Gasteiger partial charge in [-0.15, -0.1) is 0 Å². The third kappa shape index (κ3) is 2.64. The summed E-state index contributed by atoms with van der Waals surface area (Å²) in [7, 11) is 0. The van der Waals surface area contributed by atoms with Crippen LogP contribution >= 0.6 is 0 Å². The Hall–Kier alpha value is -1.89. The fourth-order valence-corrected chi connectivity index (χ4v) is 5.37. The molecule has 1 heterocycles. The molecule has 144 valence electrons. The van der Waals surface area contributed by atoms with Gasteiger partial charge in [-0.1, -0.05) is 27.2 Å². The Morgan fingerprint density at radius 2 is 1.96 bits per heavy atom. The van der Waals surface area contributed by atoms with Crippen molar-refractivity contribution in [2.24, 2.45) is 16.7 Å². The van der Waals surface area contributed by atoms with Crippen LogP contribution in [0.25, 0.3) is 0 Å². The highest BCUT2D eigenvalue weighted by molar-refractivity contribution is 5.88. The van der Waals surface area contributed by atoms with Gasteiger partial charge in [-0.2, -0.15) is 0 Å². The molecule has 3 rings (SSSR count). The van der Waals surface area contributed by atoms with E-state index in [0.29, 0.717) is 12.0 Å². The molecule has 1 saturated carbocycles. The molecule has 0 spiro atoms. The minimum Gasteiger partial charge on any atom is -0.481 e. The third-order valence-electron chi connectivity index (χ3n) is 6.50. The van der Waals surface area contributed by atoms with E-state index in [1.54, 1.807) is 6.08 Å². The highest BCUT2D eigenvalue weighted by Crippen LogP contribution is 2.63. The number of hydrogen-bond acceptors (Lipinski definition) is 6. The van der Waals surface area contributed by atoms with Gasteiger partial charge in [0, 0.05) is 16.9 Å². The second-order valence-corrected chi connectivity index (χ2v) is 8.56. The number of rotatable bonds is 4. The Balaban J connectivity index is 1.99. The van der Waals surface area contributed by atoms with Crippen molar-refractivity contribution in [1.82, 2.24) is 0 Å². The van der Waals surface area contributed by atoms with Crippen molar-refractivity contribution in [1.29, 1.82) is 0 Å². The van der Waals surface area contributed by atoms with Crippen molar-refractivity contribution in [3.05, 3.63) is 11.6 Å². The number of carbonyl (C=O) groups is 3. The van der Waals surface area contributed by atoms with Crippen molar-refractivity contribution >= 4 is 17.9 Å². The molecule has 2 N–H and O–H groups in total. The van der Waals surface area contributed by atoms with Gasteiger partial charge < -0.3 is 19.7 Å². The molecular weight excluding hydrogens is 340 g/mol. The lowest BCUT2D eigenvalue weighted by Gasteiger charge is -2.59. The van der Waals surface area contributed by atoms with Gasteiger partial charge in [0.1, 0.15) is 12.7 Å². The predicted molar refractivity (Wildman–Crippen MR) is 90.0 cm³/mol. The molecule has 0 radical (unpaired) electrons. The first-order valence-electron chi connectivity index (χ1n) is 9.04. The lowest BCUT2D eigenvalue weighted by molar-refractivity contribution is -0.196. The second kappa shape index (κ2) is 6.08. The minimum absolute atomic E-state index is 0.0127. The topological polar surface area (TPSA) is 110 Å². The number of aliphatic hydroxyl groups is 1. The number of carboxylic acid groups (broad SMARTS) is 1. The van der Waals surface area contributed by atoms with Gasteiger partial charge in [0.25, 0.3) is 0 Å². The molecule has 3 aliphatic rings. The number of carbonyl (C=O) groups excluding carboxylic acids is 2. The Labute approximate surface area is 152 Å². The van der Waals surface area contributed by atoms with E-state index in [0.717, 1.165) is 12.8 Å². The van der Waals surface area contributed by atoms with E-state index in [4.69, 9.17) is 14.6 Å². The Kier molecular flexibility index (Phi) is 4.42. The smallest absolute Gasteiger partial charge is 0.343 e. The predicted octanol–water partition coefficient (Wildman–Crippen LogP) is 1.82. The normalized spacial score (nSPS) is 37.8. The van der Waals surface area contributed by atoms with Gasteiger partial charge in [-0.05, 0) is 24.3 Å². The molecule has 7 nitrogen and oxygen atoms in total. The summed E-state index contributed by atoms with van der Waals surface area (Å²) in [6.07, 6.45) is 2.86. The van der Waals surface area contributed by atoms with Gasteiger partial charge in [0.05, 0.1) is 12.8 Å². The van der Waals surface area contributed by atoms with E-state index in [2.05, 4.69) is 13.8 Å². The standard InChI is InChI=1S/C19H26O7/c1-17(2)7-4-8-18(3)15(17)12(26-14(22)6-5-13(20)21)9-11-10-25-16(23)19(11,18)24/h9,12,15,24H,4-8,10H2,1-3H3,(H,20,21)/t12-,15+,18+,19-/m0/s1. The van der Waals surface area contributed by atoms with E-state index < -0.39 is 35.0 Å². The maximum absolute atomic E-state index is 12.4. The molecule has 1 saturated heterocycles. The Morgan fingerprint density at radius 1 is 1.27 bits per heavy atom. The van der Waals surface area contributed by atoms with Crippen molar-refractivity contribution in [3.63, 3.8) is 0 Å². The van der Waals surface area contributed by atoms with Crippen molar-refractivity contribution in [2.75, 3.05) is 6.61 Å². The molecule has 0 aromatic carbocycles. The molecule has 7 heteroatoms. The van der Waals surface area contributed by atoms with E-state index in [1.165, 1.54) is 0 Å². The first-order valence-corrected chi connectivity index (χ1v) is 9.04. The van der Waals surface area contributed by atoms with Crippen LogP contribution in [0.15, 0.2) is 11.6 Å². The average Bonchev–Trinajstić information content (AvgIpc) is 2.82. The Morgan fingerprint density at radius 3 is 2.62 bits per heavy atom. The van der Waals surface area contributed by atoms with Crippen molar-refractivity contribution in [3.8, 4) is 0 Å². The molecule has 0 bridgehead atoms. The third-order valence-corrected chi connectivity index (χ3v) is 6.50. The summed E-state index contributed by atoms with van der Waals surface area (Å²) in [5.41, 5.74) is -2.34. The molecule has 0 amide bonds.